The van der Waals surface area contributed by atoms with Gasteiger partial charge in [-0.05, 0) is 29.0 Å². The number of nitrogens with zero attached hydrogens (tertiary/aromatic N) is 2. The largest absolute Gasteiger partial charge is 0.464 e. The molecular formula is C12H13FIN3O3. The van der Waals surface area contributed by atoms with E-state index in [1.54, 1.807) is 4.90 Å². The number of aromatic amines is 1. The number of carbonyl (C=O) groups excluding carboxylic acids is 2. The molecule has 0 aromatic carbocycles. The van der Waals surface area contributed by atoms with Crippen molar-refractivity contribution in [3.05, 3.63) is 15.0 Å². The Bertz CT molecular complexity index is 570. The Morgan fingerprint density at radius 3 is 2.70 bits per heavy atom. The van der Waals surface area contributed by atoms with Crippen LogP contribution in [0.15, 0.2) is 0 Å². The van der Waals surface area contributed by atoms with Crippen LogP contribution in [0, 0.1) is 9.49 Å². The van der Waals surface area contributed by atoms with Gasteiger partial charge >= 0.3 is 5.97 Å². The Balaban J connectivity index is 1.64. The van der Waals surface area contributed by atoms with E-state index in [1.165, 1.54) is 7.11 Å². The number of methoxy groups -OCH3 is 1. The van der Waals surface area contributed by atoms with Crippen LogP contribution < -0.4 is 0 Å². The standard InChI is InChI=1S/C12H13FIN3O3/c1-20-12(19)10-8(14)9(15-16-10)5-3-17(4-5)11(18)6-2-7(6)13/h5-7H,2-4H2,1H3,(H,15,16)/t6-,7+/m0/s1. The summed E-state index contributed by atoms with van der Waals surface area (Å²) in [7, 11) is 1.31. The molecule has 1 aromatic heterocycles. The lowest BCUT2D eigenvalue weighted by Gasteiger charge is -2.39. The summed E-state index contributed by atoms with van der Waals surface area (Å²) in [5.74, 6) is -0.894. The predicted molar refractivity (Wildman–Crippen MR) is 75.0 cm³/mol. The molecule has 0 unspecified atom stereocenters. The van der Waals surface area contributed by atoms with E-state index in [0.717, 1.165) is 9.26 Å². The second-order valence-electron chi connectivity index (χ2n) is 5.09. The molecule has 3 rings (SSSR count). The maximum Gasteiger partial charge on any atom is 0.359 e. The van der Waals surface area contributed by atoms with E-state index in [2.05, 4.69) is 14.9 Å². The van der Waals surface area contributed by atoms with E-state index < -0.39 is 18.1 Å². The van der Waals surface area contributed by atoms with Crippen LogP contribution in [0.2, 0.25) is 0 Å². The molecule has 1 N–H and O–H groups in total. The van der Waals surface area contributed by atoms with Gasteiger partial charge in [0.2, 0.25) is 5.91 Å². The zero-order chi connectivity index (χ0) is 14.4. The van der Waals surface area contributed by atoms with Crippen LogP contribution in [0.1, 0.15) is 28.5 Å². The van der Waals surface area contributed by atoms with Crippen LogP contribution in [0.3, 0.4) is 0 Å². The minimum absolute atomic E-state index is 0.100. The number of hydrogen-bond donors (Lipinski definition) is 1. The van der Waals surface area contributed by atoms with Crippen LogP contribution in [0.25, 0.3) is 0 Å². The monoisotopic (exact) mass is 393 g/mol. The molecule has 2 aliphatic rings. The maximum absolute atomic E-state index is 12.8. The topological polar surface area (TPSA) is 75.3 Å². The summed E-state index contributed by atoms with van der Waals surface area (Å²) in [4.78, 5) is 24.9. The molecule has 108 valence electrons. The molecule has 1 aliphatic heterocycles. The van der Waals surface area contributed by atoms with Gasteiger partial charge in [-0.1, -0.05) is 0 Å². The van der Waals surface area contributed by atoms with Gasteiger partial charge in [-0.15, -0.1) is 0 Å². The number of ether oxygens (including phenoxy) is 1. The highest BCUT2D eigenvalue weighted by molar-refractivity contribution is 14.1. The van der Waals surface area contributed by atoms with Crippen molar-refractivity contribution in [3.8, 4) is 0 Å². The highest BCUT2D eigenvalue weighted by Crippen LogP contribution is 2.39. The fraction of sp³-hybridized carbons (Fsp3) is 0.583. The molecule has 2 atom stereocenters. The Morgan fingerprint density at radius 1 is 1.50 bits per heavy atom. The Kier molecular flexibility index (Phi) is 3.43. The first-order valence-electron chi connectivity index (χ1n) is 6.27. The van der Waals surface area contributed by atoms with Crippen molar-refractivity contribution >= 4 is 34.5 Å². The van der Waals surface area contributed by atoms with E-state index in [9.17, 15) is 14.0 Å². The molecule has 20 heavy (non-hydrogen) atoms. The number of rotatable bonds is 3. The Hall–Kier alpha value is -1.19. The summed E-state index contributed by atoms with van der Waals surface area (Å²) in [5.41, 5.74) is 1.10. The summed E-state index contributed by atoms with van der Waals surface area (Å²) in [6.45, 7) is 1.09. The van der Waals surface area contributed by atoms with E-state index >= 15 is 0 Å². The Labute approximate surface area is 128 Å². The van der Waals surface area contributed by atoms with E-state index in [4.69, 9.17) is 0 Å². The van der Waals surface area contributed by atoms with Crippen molar-refractivity contribution < 1.29 is 18.7 Å². The van der Waals surface area contributed by atoms with Gasteiger partial charge in [0, 0.05) is 19.0 Å². The Morgan fingerprint density at radius 2 is 2.15 bits per heavy atom. The third-order valence-corrected chi connectivity index (χ3v) is 4.83. The minimum atomic E-state index is -0.959. The molecule has 1 amide bonds. The molecule has 0 radical (unpaired) electrons. The van der Waals surface area contributed by atoms with E-state index in [-0.39, 0.29) is 17.5 Å². The van der Waals surface area contributed by atoms with Crippen LogP contribution in [-0.2, 0) is 9.53 Å². The van der Waals surface area contributed by atoms with Crippen molar-refractivity contribution in [2.75, 3.05) is 20.2 Å². The number of nitrogens with one attached hydrogen (secondary N) is 1. The first kappa shape index (κ1) is 13.8. The fourth-order valence-corrected chi connectivity index (χ4v) is 3.24. The number of amides is 1. The normalized spacial score (nSPS) is 25.2. The SMILES string of the molecule is COC(=O)c1n[nH]c(C2CN(C(=O)[C@H]3C[C@H]3F)C2)c1I. The number of hydrogen-bond acceptors (Lipinski definition) is 4. The van der Waals surface area contributed by atoms with Gasteiger partial charge in [0.25, 0.3) is 0 Å². The van der Waals surface area contributed by atoms with Crippen LogP contribution in [0.5, 0.6) is 0 Å². The van der Waals surface area contributed by atoms with Crippen LogP contribution in [-0.4, -0.2) is 53.3 Å². The molecule has 2 heterocycles. The summed E-state index contributed by atoms with van der Waals surface area (Å²) in [6.07, 6.45) is -0.603. The molecule has 8 heteroatoms. The maximum atomic E-state index is 12.8. The van der Waals surface area contributed by atoms with Gasteiger partial charge in [-0.2, -0.15) is 5.10 Å². The number of H-pyrrole nitrogens is 1. The van der Waals surface area contributed by atoms with Gasteiger partial charge in [-0.3, -0.25) is 9.89 Å². The summed E-state index contributed by atoms with van der Waals surface area (Å²) in [5, 5.41) is 6.78. The first-order chi connectivity index (χ1) is 9.52. The molecule has 0 spiro atoms. The molecule has 2 fully saturated rings. The van der Waals surface area contributed by atoms with E-state index in [1.807, 2.05) is 22.6 Å². The summed E-state index contributed by atoms with van der Waals surface area (Å²) >= 11 is 2.04. The number of halogens is 2. The summed E-state index contributed by atoms with van der Waals surface area (Å²) in [6, 6.07) is 0. The van der Waals surface area contributed by atoms with Crippen molar-refractivity contribution in [2.45, 2.75) is 18.5 Å². The molecule has 1 saturated carbocycles. The van der Waals surface area contributed by atoms with Crippen LogP contribution >= 0.6 is 22.6 Å². The lowest BCUT2D eigenvalue weighted by atomic mass is 9.95. The summed E-state index contributed by atoms with van der Waals surface area (Å²) < 4.78 is 18.2. The predicted octanol–water partition coefficient (Wildman–Crippen LogP) is 1.08. The fourth-order valence-electron chi connectivity index (χ4n) is 2.34. The average Bonchev–Trinajstić information content (AvgIpc) is 3.00. The molecular weight excluding hydrogens is 380 g/mol. The highest BCUT2D eigenvalue weighted by Gasteiger charge is 2.48. The van der Waals surface area contributed by atoms with Gasteiger partial charge < -0.3 is 9.64 Å². The number of alkyl halides is 1. The van der Waals surface area contributed by atoms with Crippen molar-refractivity contribution in [1.29, 1.82) is 0 Å². The molecule has 0 bridgehead atoms. The van der Waals surface area contributed by atoms with Crippen molar-refractivity contribution in [2.24, 2.45) is 5.92 Å². The lowest BCUT2D eigenvalue weighted by molar-refractivity contribution is -0.137. The molecule has 1 aliphatic carbocycles. The average molecular weight is 393 g/mol. The van der Waals surface area contributed by atoms with E-state index in [0.29, 0.717) is 19.5 Å². The number of carbonyl (C=O) groups is 2. The first-order valence-corrected chi connectivity index (χ1v) is 7.35. The minimum Gasteiger partial charge on any atom is -0.464 e. The van der Waals surface area contributed by atoms with Gasteiger partial charge in [0.15, 0.2) is 5.69 Å². The zero-order valence-corrected chi connectivity index (χ0v) is 12.9. The van der Waals surface area contributed by atoms with Crippen molar-refractivity contribution in [3.63, 3.8) is 0 Å². The lowest BCUT2D eigenvalue weighted by Crippen LogP contribution is -2.49. The van der Waals surface area contributed by atoms with Crippen molar-refractivity contribution in [1.82, 2.24) is 15.1 Å². The third-order valence-electron chi connectivity index (χ3n) is 3.74. The number of esters is 1. The van der Waals surface area contributed by atoms with Gasteiger partial charge in [0.1, 0.15) is 6.17 Å². The molecule has 6 nitrogen and oxygen atoms in total. The van der Waals surface area contributed by atoms with Crippen LogP contribution in [0.4, 0.5) is 4.39 Å². The zero-order valence-electron chi connectivity index (χ0n) is 10.7. The van der Waals surface area contributed by atoms with Gasteiger partial charge in [0.05, 0.1) is 22.3 Å². The highest BCUT2D eigenvalue weighted by atomic mass is 127. The number of likely N-dealkylation sites (tertiary alicyclic amines) is 1. The molecule has 1 aromatic rings. The quantitative estimate of drug-likeness (QED) is 0.616. The second kappa shape index (κ2) is 4.97. The second-order valence-corrected chi connectivity index (χ2v) is 6.17. The number of aromatic nitrogens is 2. The van der Waals surface area contributed by atoms with Gasteiger partial charge in [-0.25, -0.2) is 9.18 Å². The third kappa shape index (κ3) is 2.19. The smallest absolute Gasteiger partial charge is 0.359 e. The molecule has 1 saturated heterocycles.